The van der Waals surface area contributed by atoms with Crippen molar-refractivity contribution < 1.29 is 0 Å². The fraction of sp³-hybridized carbons (Fsp3) is 0.800. The molecule has 0 amide bonds. The van der Waals surface area contributed by atoms with E-state index in [9.17, 15) is 0 Å². The molecule has 0 nitrogen and oxygen atoms in total. The number of thioether (sulfide) groups is 1. The summed E-state index contributed by atoms with van der Waals surface area (Å²) in [5.74, 6) is 1.30. The summed E-state index contributed by atoms with van der Waals surface area (Å²) < 4.78 is 1.48. The van der Waals surface area contributed by atoms with Gasteiger partial charge in [0.1, 0.15) is 0 Å². The smallest absolute Gasteiger partial charge is 0.0598 e. The molecule has 0 radical (unpaired) electrons. The second-order valence-corrected chi connectivity index (χ2v) is 8.72. The fourth-order valence-corrected chi connectivity index (χ4v) is 4.68. The standard InChI is InChI=1S/C20H36S2/c1-2-3-4-5-6-7-8-9-10-11-12-13-14-15-18-21-20-17-16-19-22-20/h16-17,19H,2-15,18H2,1H3. The summed E-state index contributed by atoms with van der Waals surface area (Å²) in [5.41, 5.74) is 0. The van der Waals surface area contributed by atoms with Gasteiger partial charge in [0, 0.05) is 0 Å². The van der Waals surface area contributed by atoms with Crippen LogP contribution in [-0.4, -0.2) is 5.75 Å². The highest BCUT2D eigenvalue weighted by Crippen LogP contribution is 2.24. The Labute approximate surface area is 147 Å². The molecule has 0 aliphatic rings. The van der Waals surface area contributed by atoms with Crippen LogP contribution in [0.2, 0.25) is 0 Å². The Hall–Kier alpha value is 0.0500. The lowest BCUT2D eigenvalue weighted by Gasteiger charge is -2.03. The topological polar surface area (TPSA) is 0 Å². The lowest BCUT2D eigenvalue weighted by molar-refractivity contribution is 0.538. The Morgan fingerprint density at radius 2 is 1.23 bits per heavy atom. The van der Waals surface area contributed by atoms with Crippen molar-refractivity contribution in [2.45, 2.75) is 101 Å². The van der Waals surface area contributed by atoms with Gasteiger partial charge in [0.15, 0.2) is 0 Å². The van der Waals surface area contributed by atoms with E-state index >= 15 is 0 Å². The highest BCUT2D eigenvalue weighted by molar-refractivity contribution is 8.01. The Bertz CT molecular complexity index is 306. The van der Waals surface area contributed by atoms with Gasteiger partial charge < -0.3 is 0 Å². The van der Waals surface area contributed by atoms with E-state index in [-0.39, 0.29) is 0 Å². The van der Waals surface area contributed by atoms with Gasteiger partial charge in [-0.25, -0.2) is 0 Å². The normalized spacial score (nSPS) is 11.1. The first kappa shape index (κ1) is 20.1. The van der Waals surface area contributed by atoms with Crippen LogP contribution in [0.15, 0.2) is 21.7 Å². The van der Waals surface area contributed by atoms with E-state index in [0.29, 0.717) is 0 Å². The van der Waals surface area contributed by atoms with Crippen molar-refractivity contribution in [3.8, 4) is 0 Å². The lowest BCUT2D eigenvalue weighted by atomic mass is 10.0. The average Bonchev–Trinajstić information content (AvgIpc) is 3.04. The maximum Gasteiger partial charge on any atom is 0.0598 e. The maximum atomic E-state index is 2.29. The molecule has 1 aromatic rings. The number of unbranched alkanes of at least 4 members (excludes halogenated alkanes) is 13. The quantitative estimate of drug-likeness (QED) is 0.215. The third-order valence-electron chi connectivity index (χ3n) is 4.24. The largest absolute Gasteiger partial charge is 0.137 e. The predicted molar refractivity (Wildman–Crippen MR) is 105 cm³/mol. The predicted octanol–water partition coefficient (Wildman–Crippen LogP) is 8.32. The minimum atomic E-state index is 1.30. The molecule has 0 N–H and O–H groups in total. The van der Waals surface area contributed by atoms with Crippen molar-refractivity contribution in [3.63, 3.8) is 0 Å². The van der Waals surface area contributed by atoms with Crippen LogP contribution >= 0.6 is 23.1 Å². The molecule has 0 fully saturated rings. The van der Waals surface area contributed by atoms with Crippen molar-refractivity contribution >= 4 is 23.1 Å². The second kappa shape index (κ2) is 15.9. The molecule has 0 bridgehead atoms. The molecule has 0 aromatic carbocycles. The van der Waals surface area contributed by atoms with Crippen molar-refractivity contribution in [3.05, 3.63) is 17.5 Å². The van der Waals surface area contributed by atoms with Gasteiger partial charge in [-0.15, -0.1) is 23.1 Å². The van der Waals surface area contributed by atoms with E-state index in [0.717, 1.165) is 0 Å². The molecule has 128 valence electrons. The summed E-state index contributed by atoms with van der Waals surface area (Å²) in [5, 5.41) is 2.17. The Balaban J connectivity index is 1.68. The molecule has 1 aromatic heterocycles. The molecule has 1 rings (SSSR count). The second-order valence-electron chi connectivity index (χ2n) is 6.38. The molecular weight excluding hydrogens is 304 g/mol. The molecule has 0 aliphatic carbocycles. The zero-order chi connectivity index (χ0) is 15.7. The Kier molecular flexibility index (Phi) is 14.5. The van der Waals surface area contributed by atoms with Gasteiger partial charge in [0.25, 0.3) is 0 Å². The van der Waals surface area contributed by atoms with Gasteiger partial charge in [-0.05, 0) is 23.6 Å². The van der Waals surface area contributed by atoms with Gasteiger partial charge >= 0.3 is 0 Å². The molecule has 0 unspecified atom stereocenters. The highest BCUT2D eigenvalue weighted by Gasteiger charge is 1.96. The van der Waals surface area contributed by atoms with Crippen molar-refractivity contribution in [1.29, 1.82) is 0 Å². The van der Waals surface area contributed by atoms with Crippen LogP contribution in [0.5, 0.6) is 0 Å². The Morgan fingerprint density at radius 1 is 0.727 bits per heavy atom. The molecule has 22 heavy (non-hydrogen) atoms. The van der Waals surface area contributed by atoms with Crippen molar-refractivity contribution in [2.75, 3.05) is 5.75 Å². The van der Waals surface area contributed by atoms with Crippen molar-refractivity contribution in [2.24, 2.45) is 0 Å². The molecule has 1 heterocycles. The van der Waals surface area contributed by atoms with Crippen LogP contribution in [0.4, 0.5) is 0 Å². The molecular formula is C20H36S2. The number of hydrogen-bond donors (Lipinski definition) is 0. The van der Waals surface area contributed by atoms with E-state index in [4.69, 9.17) is 0 Å². The zero-order valence-electron chi connectivity index (χ0n) is 14.7. The molecule has 0 atom stereocenters. The van der Waals surface area contributed by atoms with Crippen LogP contribution in [0.3, 0.4) is 0 Å². The summed E-state index contributed by atoms with van der Waals surface area (Å²) in [6.07, 6.45) is 20.3. The van der Waals surface area contributed by atoms with E-state index in [2.05, 4.69) is 24.4 Å². The van der Waals surface area contributed by atoms with E-state index in [1.807, 2.05) is 23.1 Å². The van der Waals surface area contributed by atoms with E-state index in [1.54, 1.807) is 0 Å². The maximum absolute atomic E-state index is 2.29. The summed E-state index contributed by atoms with van der Waals surface area (Å²) >= 11 is 3.90. The first-order valence-electron chi connectivity index (χ1n) is 9.60. The third kappa shape index (κ3) is 12.6. The summed E-state index contributed by atoms with van der Waals surface area (Å²) in [6.45, 7) is 2.29. The van der Waals surface area contributed by atoms with Crippen LogP contribution in [-0.2, 0) is 0 Å². The molecule has 0 spiro atoms. The monoisotopic (exact) mass is 340 g/mol. The zero-order valence-corrected chi connectivity index (χ0v) is 16.3. The first-order valence-corrected chi connectivity index (χ1v) is 11.5. The van der Waals surface area contributed by atoms with Gasteiger partial charge in [0.05, 0.1) is 4.21 Å². The molecule has 0 saturated carbocycles. The highest BCUT2D eigenvalue weighted by atomic mass is 32.2. The van der Waals surface area contributed by atoms with Crippen LogP contribution in [0.25, 0.3) is 0 Å². The minimum Gasteiger partial charge on any atom is -0.137 e. The third-order valence-corrected chi connectivity index (χ3v) is 6.45. The summed E-state index contributed by atoms with van der Waals surface area (Å²) in [7, 11) is 0. The van der Waals surface area contributed by atoms with E-state index < -0.39 is 0 Å². The van der Waals surface area contributed by atoms with Crippen LogP contribution in [0, 0.1) is 0 Å². The van der Waals surface area contributed by atoms with E-state index in [1.165, 1.54) is 99.9 Å². The minimum absolute atomic E-state index is 1.30. The van der Waals surface area contributed by atoms with Crippen molar-refractivity contribution in [1.82, 2.24) is 0 Å². The lowest BCUT2D eigenvalue weighted by Crippen LogP contribution is -1.84. The van der Waals surface area contributed by atoms with Gasteiger partial charge in [0.2, 0.25) is 0 Å². The average molecular weight is 341 g/mol. The Morgan fingerprint density at radius 3 is 1.68 bits per heavy atom. The summed E-state index contributed by atoms with van der Waals surface area (Å²) in [4.78, 5) is 0. The van der Waals surface area contributed by atoms with Crippen LogP contribution < -0.4 is 0 Å². The molecule has 0 aliphatic heterocycles. The number of thiophene rings is 1. The fourth-order valence-electron chi connectivity index (χ4n) is 2.81. The van der Waals surface area contributed by atoms with Gasteiger partial charge in [-0.3, -0.25) is 0 Å². The van der Waals surface area contributed by atoms with Crippen LogP contribution in [0.1, 0.15) is 96.8 Å². The van der Waals surface area contributed by atoms with Gasteiger partial charge in [-0.1, -0.05) is 96.5 Å². The molecule has 0 saturated heterocycles. The first-order chi connectivity index (χ1) is 10.9. The number of rotatable bonds is 16. The summed E-state index contributed by atoms with van der Waals surface area (Å²) in [6, 6.07) is 4.39. The molecule has 2 heteroatoms. The van der Waals surface area contributed by atoms with Gasteiger partial charge in [-0.2, -0.15) is 0 Å². The number of hydrogen-bond acceptors (Lipinski definition) is 2. The SMILES string of the molecule is CCCCCCCCCCCCCCCCSc1cccs1.